The van der Waals surface area contributed by atoms with Gasteiger partial charge < -0.3 is 14.7 Å². The number of sulfonamides is 1. The van der Waals surface area contributed by atoms with Gasteiger partial charge in [-0.15, -0.1) is 0 Å². The molecule has 0 unspecified atom stereocenters. The molecule has 1 aromatic carbocycles. The number of hydrogen-bond donors (Lipinski definition) is 1. The van der Waals surface area contributed by atoms with Crippen LogP contribution in [0.3, 0.4) is 0 Å². The monoisotopic (exact) mass is 540 g/mol. The summed E-state index contributed by atoms with van der Waals surface area (Å²) >= 11 is 6.13. The fraction of sp³-hybridized carbons (Fsp3) is 0.600. The first-order chi connectivity index (χ1) is 17.3. The maximum atomic E-state index is 13.5. The zero-order valence-corrected chi connectivity index (χ0v) is 22.7. The number of piperazine rings is 1. The van der Waals surface area contributed by atoms with Gasteiger partial charge in [-0.3, -0.25) is 4.79 Å². The van der Waals surface area contributed by atoms with E-state index in [4.69, 9.17) is 21.4 Å². The minimum absolute atomic E-state index is 0.213. The molecule has 3 rings (SSSR count). The highest BCUT2D eigenvalue weighted by Gasteiger charge is 2.31. The molecule has 1 aliphatic rings. The first-order valence-electron chi connectivity index (χ1n) is 12.6. The van der Waals surface area contributed by atoms with Crippen molar-refractivity contribution < 1.29 is 18.3 Å². The van der Waals surface area contributed by atoms with Crippen molar-refractivity contribution in [3.8, 4) is 11.4 Å². The van der Waals surface area contributed by atoms with Gasteiger partial charge in [0.1, 0.15) is 5.69 Å². The Kier molecular flexibility index (Phi) is 10.6. The molecule has 0 aliphatic carbocycles. The van der Waals surface area contributed by atoms with E-state index in [9.17, 15) is 13.2 Å². The number of aliphatic hydroxyl groups is 1. The molecule has 1 aromatic heterocycles. The summed E-state index contributed by atoms with van der Waals surface area (Å²) in [4.78, 5) is 15.4. The van der Waals surface area contributed by atoms with Crippen LogP contribution in [-0.2, 0) is 10.0 Å². The van der Waals surface area contributed by atoms with E-state index in [1.807, 2.05) is 4.90 Å². The Bertz CT molecular complexity index is 1150. The SMILES string of the molecule is CC(C)S(=O)(=O)N1CCN(c2cnn(-c3cccc(Cl)c3)c(=O)c2OCCCCCCCCO)CC1. The van der Waals surface area contributed by atoms with E-state index in [1.165, 1.54) is 8.99 Å². The average molecular weight is 541 g/mol. The third kappa shape index (κ3) is 7.21. The fourth-order valence-electron chi connectivity index (χ4n) is 4.16. The maximum absolute atomic E-state index is 13.5. The second-order valence-corrected chi connectivity index (χ2v) is 12.2. The van der Waals surface area contributed by atoms with Crippen molar-refractivity contribution in [2.75, 3.05) is 44.3 Å². The Balaban J connectivity index is 1.77. The van der Waals surface area contributed by atoms with E-state index in [0.717, 1.165) is 38.5 Å². The lowest BCUT2D eigenvalue weighted by Gasteiger charge is -2.36. The smallest absolute Gasteiger partial charge is 0.316 e. The molecule has 9 nitrogen and oxygen atoms in total. The minimum Gasteiger partial charge on any atom is -0.486 e. The molecule has 0 bridgehead atoms. The minimum atomic E-state index is -3.33. The Morgan fingerprint density at radius 2 is 1.72 bits per heavy atom. The number of ether oxygens (including phenoxy) is 1. The number of benzene rings is 1. The summed E-state index contributed by atoms with van der Waals surface area (Å²) in [5.41, 5.74) is 0.735. The molecular formula is C25H37ClN4O5S. The number of aromatic nitrogens is 2. The van der Waals surface area contributed by atoms with E-state index < -0.39 is 15.3 Å². The largest absolute Gasteiger partial charge is 0.486 e. The molecule has 2 aromatic rings. The van der Waals surface area contributed by atoms with Gasteiger partial charge in [-0.1, -0.05) is 43.4 Å². The highest BCUT2D eigenvalue weighted by molar-refractivity contribution is 7.89. The second kappa shape index (κ2) is 13.4. The molecule has 2 heterocycles. The lowest BCUT2D eigenvalue weighted by atomic mass is 10.1. The maximum Gasteiger partial charge on any atom is 0.316 e. The van der Waals surface area contributed by atoms with E-state index in [1.54, 1.807) is 44.3 Å². The van der Waals surface area contributed by atoms with E-state index in [0.29, 0.717) is 49.2 Å². The quantitative estimate of drug-likeness (QED) is 0.388. The number of halogens is 1. The predicted molar refractivity (Wildman–Crippen MR) is 143 cm³/mol. The lowest BCUT2D eigenvalue weighted by Crippen LogP contribution is -2.50. The van der Waals surface area contributed by atoms with Gasteiger partial charge in [0, 0.05) is 37.8 Å². The molecule has 1 aliphatic heterocycles. The van der Waals surface area contributed by atoms with Gasteiger partial charge in [-0.05, 0) is 44.9 Å². The van der Waals surface area contributed by atoms with Crippen LogP contribution in [0.1, 0.15) is 52.4 Å². The molecule has 0 radical (unpaired) electrons. The van der Waals surface area contributed by atoms with Crippen molar-refractivity contribution in [1.82, 2.24) is 14.1 Å². The number of aliphatic hydroxyl groups excluding tert-OH is 1. The first kappa shape index (κ1) is 28.4. The van der Waals surface area contributed by atoms with Crippen LogP contribution in [0.2, 0.25) is 5.02 Å². The van der Waals surface area contributed by atoms with Crippen molar-refractivity contribution in [1.29, 1.82) is 0 Å². The third-order valence-corrected chi connectivity index (χ3v) is 8.81. The van der Waals surface area contributed by atoms with Gasteiger partial charge in [0.2, 0.25) is 15.8 Å². The summed E-state index contributed by atoms with van der Waals surface area (Å²) < 4.78 is 34.0. The Labute approximate surface area is 218 Å². The fourth-order valence-corrected chi connectivity index (χ4v) is 5.61. The lowest BCUT2D eigenvalue weighted by molar-refractivity contribution is 0.279. The molecule has 1 N–H and O–H groups in total. The van der Waals surface area contributed by atoms with Crippen LogP contribution in [0.15, 0.2) is 35.3 Å². The topological polar surface area (TPSA) is 105 Å². The van der Waals surface area contributed by atoms with Crippen molar-refractivity contribution in [2.24, 2.45) is 0 Å². The van der Waals surface area contributed by atoms with Gasteiger partial charge in [0.15, 0.2) is 0 Å². The predicted octanol–water partition coefficient (Wildman–Crippen LogP) is 3.46. The molecule has 0 atom stereocenters. The van der Waals surface area contributed by atoms with Crippen LogP contribution in [-0.4, -0.2) is 72.3 Å². The van der Waals surface area contributed by atoms with Crippen molar-refractivity contribution in [3.63, 3.8) is 0 Å². The Hall–Kier alpha value is -2.14. The van der Waals surface area contributed by atoms with E-state index in [2.05, 4.69) is 5.10 Å². The van der Waals surface area contributed by atoms with Crippen LogP contribution >= 0.6 is 11.6 Å². The molecule has 11 heteroatoms. The standard InChI is InChI=1S/C25H37ClN4O5S/c1-20(2)36(33,34)29-14-12-28(13-15-29)23-19-27-30(22-11-9-10-21(26)18-22)25(32)24(23)35-17-8-6-4-3-5-7-16-31/h9-11,18-20,31H,3-8,12-17H2,1-2H3. The number of unbranched alkanes of at least 4 members (excludes halogenated alkanes) is 5. The van der Waals surface area contributed by atoms with Crippen molar-refractivity contribution in [3.05, 3.63) is 45.8 Å². The number of rotatable bonds is 13. The van der Waals surface area contributed by atoms with Gasteiger partial charge in [0.25, 0.3) is 0 Å². The summed E-state index contributed by atoms with van der Waals surface area (Å²) in [6.45, 7) is 5.54. The van der Waals surface area contributed by atoms with Gasteiger partial charge in [0.05, 0.1) is 23.7 Å². The molecule has 1 saturated heterocycles. The van der Waals surface area contributed by atoms with Gasteiger partial charge >= 0.3 is 5.56 Å². The molecule has 0 spiro atoms. The summed E-state index contributed by atoms with van der Waals surface area (Å²) in [5, 5.41) is 13.3. The van der Waals surface area contributed by atoms with Crippen LogP contribution in [0.25, 0.3) is 5.69 Å². The highest BCUT2D eigenvalue weighted by atomic mass is 35.5. The Morgan fingerprint density at radius 1 is 1.06 bits per heavy atom. The number of anilines is 1. The van der Waals surface area contributed by atoms with Crippen molar-refractivity contribution in [2.45, 2.75) is 57.6 Å². The average Bonchev–Trinajstić information content (AvgIpc) is 2.86. The summed E-state index contributed by atoms with van der Waals surface area (Å²) in [5.74, 6) is 0.213. The second-order valence-electron chi connectivity index (χ2n) is 9.23. The molecule has 200 valence electrons. The summed E-state index contributed by atoms with van der Waals surface area (Å²) in [6.07, 6.45) is 7.33. The highest BCUT2D eigenvalue weighted by Crippen LogP contribution is 2.27. The number of hydrogen-bond acceptors (Lipinski definition) is 7. The van der Waals surface area contributed by atoms with Crippen molar-refractivity contribution >= 4 is 27.3 Å². The number of nitrogens with zero attached hydrogens (tertiary/aromatic N) is 4. The molecule has 0 saturated carbocycles. The zero-order valence-electron chi connectivity index (χ0n) is 21.1. The molecule has 36 heavy (non-hydrogen) atoms. The normalized spacial score (nSPS) is 15.0. The van der Waals surface area contributed by atoms with Crippen LogP contribution in [0, 0.1) is 0 Å². The molecular weight excluding hydrogens is 504 g/mol. The van der Waals surface area contributed by atoms with Gasteiger partial charge in [-0.25, -0.2) is 8.42 Å². The third-order valence-electron chi connectivity index (χ3n) is 6.30. The van der Waals surface area contributed by atoms with E-state index >= 15 is 0 Å². The zero-order chi connectivity index (χ0) is 26.1. The van der Waals surface area contributed by atoms with Crippen LogP contribution in [0.4, 0.5) is 5.69 Å². The molecule has 0 amide bonds. The van der Waals surface area contributed by atoms with Crippen LogP contribution < -0.4 is 15.2 Å². The summed E-state index contributed by atoms with van der Waals surface area (Å²) in [6, 6.07) is 6.91. The summed E-state index contributed by atoms with van der Waals surface area (Å²) in [7, 11) is -3.33. The van der Waals surface area contributed by atoms with Crippen LogP contribution in [0.5, 0.6) is 5.75 Å². The first-order valence-corrected chi connectivity index (χ1v) is 14.5. The Morgan fingerprint density at radius 3 is 2.36 bits per heavy atom. The van der Waals surface area contributed by atoms with E-state index in [-0.39, 0.29) is 17.9 Å². The molecule has 1 fully saturated rings. The van der Waals surface area contributed by atoms with Gasteiger partial charge in [-0.2, -0.15) is 14.1 Å².